The average molecular weight is 656 g/mol. The minimum absolute atomic E-state index is 0.331. The van der Waals surface area contributed by atoms with Crippen LogP contribution in [0.25, 0.3) is 0 Å². The van der Waals surface area contributed by atoms with E-state index in [1.165, 1.54) is 52.5 Å². The summed E-state index contributed by atoms with van der Waals surface area (Å²) in [7, 11) is 5.42. The maximum atomic E-state index is 9.82. The van der Waals surface area contributed by atoms with E-state index in [-0.39, 0.29) is 0 Å². The van der Waals surface area contributed by atoms with Crippen molar-refractivity contribution in [1.82, 2.24) is 0 Å². The number of benzene rings is 4. The first-order valence-electron chi connectivity index (χ1n) is 13.2. The van der Waals surface area contributed by atoms with Crippen LogP contribution >= 0.6 is 31.8 Å². The standard InChI is InChI=1S/C17H20OS2.C17H20OSSe/c2*1-10-6-15(7-11(2)14(10)5)19-20-16-8-12(3)17(18)13(4)9-16/h2*6-9,18H,1-5H3. The molecule has 4 rings (SSSR count). The number of aromatic hydroxyl groups is 2. The molecule has 212 valence electrons. The molecule has 0 unspecified atom stereocenters. The Balaban J connectivity index is 0.000000220. The van der Waals surface area contributed by atoms with Gasteiger partial charge in [-0.15, -0.1) is 0 Å². The number of hydrogen-bond acceptors (Lipinski definition) is 5. The summed E-state index contributed by atoms with van der Waals surface area (Å²) in [6.07, 6.45) is 0. The first-order valence-corrected chi connectivity index (χ1v) is 19.1. The molecule has 0 amide bonds. The molecular weight excluding hydrogens is 616 g/mol. The number of hydrogen-bond donors (Lipinski definition) is 2. The third-order valence-corrected chi connectivity index (χ3v) is 13.7. The molecule has 0 aliphatic carbocycles. The van der Waals surface area contributed by atoms with Crippen molar-refractivity contribution >= 4 is 50.1 Å². The zero-order chi connectivity index (χ0) is 29.7. The molecule has 6 heteroatoms. The Morgan fingerprint density at radius 1 is 0.425 bits per heavy atom. The molecule has 4 aromatic rings. The fourth-order valence-electron chi connectivity index (χ4n) is 4.21. The van der Waals surface area contributed by atoms with E-state index in [4.69, 9.17) is 0 Å². The van der Waals surface area contributed by atoms with Gasteiger partial charge in [0.05, 0.1) is 0 Å². The SMILES string of the molecule is Cc1cc(SSc2cc(C)c(O)c(C)c2)cc(C)c1C.Cc1cc(S[Se]c2cc(C)c(O)c(C)c2)cc(C)c1C. The molecule has 0 aliphatic heterocycles. The predicted molar refractivity (Wildman–Crippen MR) is 179 cm³/mol. The van der Waals surface area contributed by atoms with Gasteiger partial charge < -0.3 is 5.11 Å². The van der Waals surface area contributed by atoms with Crippen LogP contribution in [0.2, 0.25) is 0 Å². The monoisotopic (exact) mass is 656 g/mol. The van der Waals surface area contributed by atoms with E-state index in [2.05, 4.69) is 77.9 Å². The van der Waals surface area contributed by atoms with Crippen molar-refractivity contribution in [2.75, 3.05) is 0 Å². The van der Waals surface area contributed by atoms with Crippen molar-refractivity contribution in [2.24, 2.45) is 0 Å². The van der Waals surface area contributed by atoms with Gasteiger partial charge in [0.15, 0.2) is 0 Å². The van der Waals surface area contributed by atoms with Crippen molar-refractivity contribution in [3.8, 4) is 11.5 Å². The zero-order valence-electron chi connectivity index (χ0n) is 25.1. The van der Waals surface area contributed by atoms with Gasteiger partial charge in [-0.1, -0.05) is 21.6 Å². The molecule has 2 N–H and O–H groups in total. The van der Waals surface area contributed by atoms with Gasteiger partial charge in [0, 0.05) is 9.79 Å². The molecule has 0 aromatic heterocycles. The van der Waals surface area contributed by atoms with E-state index in [1.807, 2.05) is 50.0 Å². The Kier molecular flexibility index (Phi) is 11.6. The average Bonchev–Trinajstić information content (AvgIpc) is 2.89. The van der Waals surface area contributed by atoms with Crippen LogP contribution in [0.4, 0.5) is 0 Å². The van der Waals surface area contributed by atoms with Gasteiger partial charge in [-0.05, 0) is 86.7 Å². The van der Waals surface area contributed by atoms with Gasteiger partial charge in [0.1, 0.15) is 5.75 Å². The normalized spacial score (nSPS) is 10.8. The molecular formula is C34H40O2S3Se. The minimum atomic E-state index is 0.331. The summed E-state index contributed by atoms with van der Waals surface area (Å²) in [5, 5.41) is 19.6. The van der Waals surface area contributed by atoms with Crippen molar-refractivity contribution < 1.29 is 10.2 Å². The van der Waals surface area contributed by atoms with Gasteiger partial charge in [-0.3, -0.25) is 0 Å². The molecule has 4 aromatic carbocycles. The van der Waals surface area contributed by atoms with Gasteiger partial charge in [0.2, 0.25) is 0 Å². The van der Waals surface area contributed by atoms with E-state index in [0.717, 1.165) is 22.3 Å². The summed E-state index contributed by atoms with van der Waals surface area (Å²) in [6, 6.07) is 17.3. The van der Waals surface area contributed by atoms with Crippen molar-refractivity contribution in [3.63, 3.8) is 0 Å². The van der Waals surface area contributed by atoms with Crippen LogP contribution in [-0.2, 0) is 0 Å². The van der Waals surface area contributed by atoms with Gasteiger partial charge in [0.25, 0.3) is 0 Å². The molecule has 0 bridgehead atoms. The fourth-order valence-corrected chi connectivity index (χ4v) is 10.4. The van der Waals surface area contributed by atoms with Crippen LogP contribution in [0.15, 0.2) is 63.2 Å². The second kappa shape index (κ2) is 14.3. The summed E-state index contributed by atoms with van der Waals surface area (Å²) in [6.45, 7) is 20.8. The van der Waals surface area contributed by atoms with Gasteiger partial charge in [-0.2, -0.15) is 0 Å². The van der Waals surface area contributed by atoms with Crippen LogP contribution in [0, 0.1) is 69.2 Å². The van der Waals surface area contributed by atoms with Crippen LogP contribution < -0.4 is 4.46 Å². The Bertz CT molecular complexity index is 1210. The summed E-state index contributed by atoms with van der Waals surface area (Å²) < 4.78 is 1.33. The van der Waals surface area contributed by atoms with Gasteiger partial charge >= 0.3 is 131 Å². The summed E-state index contributed by atoms with van der Waals surface area (Å²) >= 11 is 0.331. The summed E-state index contributed by atoms with van der Waals surface area (Å²) in [4.78, 5) is 3.80. The van der Waals surface area contributed by atoms with Crippen LogP contribution in [0.3, 0.4) is 0 Å². The van der Waals surface area contributed by atoms with Crippen LogP contribution in [0.5, 0.6) is 11.5 Å². The molecule has 2 nitrogen and oxygen atoms in total. The van der Waals surface area contributed by atoms with Crippen molar-refractivity contribution in [2.45, 2.75) is 83.9 Å². The molecule has 0 fully saturated rings. The third-order valence-electron chi connectivity index (χ3n) is 7.20. The predicted octanol–water partition coefficient (Wildman–Crippen LogP) is 9.70. The Morgan fingerprint density at radius 3 is 1.10 bits per heavy atom. The van der Waals surface area contributed by atoms with E-state index in [0.29, 0.717) is 25.3 Å². The van der Waals surface area contributed by atoms with Crippen LogP contribution in [-0.4, -0.2) is 24.0 Å². The maximum absolute atomic E-state index is 9.82. The first kappa shape index (κ1) is 32.6. The Hall–Kier alpha value is -1.95. The summed E-state index contributed by atoms with van der Waals surface area (Å²) in [5.41, 5.74) is 12.0. The number of phenolic OH excluding ortho intramolecular Hbond substituents is 2. The quantitative estimate of drug-likeness (QED) is 0.160. The molecule has 0 radical (unpaired) electrons. The molecule has 0 saturated carbocycles. The topological polar surface area (TPSA) is 40.5 Å². The van der Waals surface area contributed by atoms with E-state index in [9.17, 15) is 10.2 Å². The Labute approximate surface area is 258 Å². The molecule has 0 spiro atoms. The second-order valence-electron chi connectivity index (χ2n) is 10.5. The van der Waals surface area contributed by atoms with Crippen LogP contribution in [0.1, 0.15) is 55.6 Å². The second-order valence-corrected chi connectivity index (χ2v) is 16.7. The number of rotatable bonds is 6. The van der Waals surface area contributed by atoms with Crippen molar-refractivity contribution in [3.05, 3.63) is 104 Å². The number of aryl methyl sites for hydroxylation is 8. The molecule has 0 saturated heterocycles. The van der Waals surface area contributed by atoms with E-state index < -0.39 is 0 Å². The Morgan fingerprint density at radius 2 is 0.725 bits per heavy atom. The molecule has 0 heterocycles. The summed E-state index contributed by atoms with van der Waals surface area (Å²) in [5.74, 6) is 0.831. The van der Waals surface area contributed by atoms with E-state index in [1.54, 1.807) is 21.6 Å². The molecule has 0 atom stereocenters. The zero-order valence-corrected chi connectivity index (χ0v) is 29.3. The molecule has 0 aliphatic rings. The van der Waals surface area contributed by atoms with Crippen molar-refractivity contribution in [1.29, 1.82) is 0 Å². The first-order chi connectivity index (χ1) is 18.8. The van der Waals surface area contributed by atoms with E-state index >= 15 is 0 Å². The van der Waals surface area contributed by atoms with Gasteiger partial charge in [-0.25, -0.2) is 0 Å². The molecule has 40 heavy (non-hydrogen) atoms. The third kappa shape index (κ3) is 8.53. The number of phenols is 2. The fraction of sp³-hybridized carbons (Fsp3) is 0.294.